The lowest BCUT2D eigenvalue weighted by Crippen LogP contribution is -2.39. The van der Waals surface area contributed by atoms with Crippen molar-refractivity contribution in [3.05, 3.63) is 0 Å². The Morgan fingerprint density at radius 3 is 1.62 bits per heavy atom. The number of aliphatic hydroxyl groups excluding tert-OH is 2. The molecule has 0 saturated heterocycles. The van der Waals surface area contributed by atoms with E-state index in [1.54, 1.807) is 0 Å². The average molecular weight is 305 g/mol. The Labute approximate surface area is 125 Å². The van der Waals surface area contributed by atoms with Crippen molar-refractivity contribution in [1.29, 1.82) is 0 Å². The van der Waals surface area contributed by atoms with E-state index in [1.165, 1.54) is 45.2 Å². The molecule has 7 nitrogen and oxygen atoms in total. The molecule has 0 aromatic carbocycles. The van der Waals surface area contributed by atoms with E-state index >= 15 is 0 Å². The molecule has 7 heteroatoms. The molecule has 0 aliphatic heterocycles. The van der Waals surface area contributed by atoms with Gasteiger partial charge in [0.2, 0.25) is 0 Å². The van der Waals surface area contributed by atoms with Crippen LogP contribution in [0.5, 0.6) is 0 Å². The number of rotatable bonds is 6. The number of hydrogen-bond donors (Lipinski definition) is 4. The molecule has 0 aromatic rings. The van der Waals surface area contributed by atoms with Gasteiger partial charge in [-0.1, -0.05) is 33.1 Å². The fourth-order valence-corrected chi connectivity index (χ4v) is 2.46. The lowest BCUT2D eigenvalue weighted by atomic mass is 9.94. The predicted octanol–water partition coefficient (Wildman–Crippen LogP) is 0.538. The van der Waals surface area contributed by atoms with Crippen LogP contribution in [0.3, 0.4) is 0 Å². The number of aliphatic hydroxyl groups is 2. The third-order valence-corrected chi connectivity index (χ3v) is 3.71. The maximum Gasteiger partial charge on any atom is 0.335 e. The fourth-order valence-electron chi connectivity index (χ4n) is 2.46. The zero-order valence-corrected chi connectivity index (χ0v) is 12.7. The Bertz CT molecular complexity index is 295. The second-order valence-corrected chi connectivity index (χ2v) is 5.08. The molecule has 0 unspecified atom stereocenters. The molecule has 1 fully saturated rings. The first-order chi connectivity index (χ1) is 9.84. The van der Waals surface area contributed by atoms with Gasteiger partial charge in [0.25, 0.3) is 0 Å². The summed E-state index contributed by atoms with van der Waals surface area (Å²) in [6, 6.07) is 0.916. The van der Waals surface area contributed by atoms with Crippen molar-refractivity contribution >= 4 is 11.9 Å². The molecule has 2 atom stereocenters. The van der Waals surface area contributed by atoms with E-state index in [1.807, 2.05) is 0 Å². The quantitative estimate of drug-likeness (QED) is 0.565. The summed E-state index contributed by atoms with van der Waals surface area (Å²) in [6.07, 6.45) is 2.75. The zero-order chi connectivity index (χ0) is 16.4. The standard InChI is InChI=1S/C10H21N.C4H6O6/c1-3-11(4-2)10-8-6-5-7-9-10;5-1(3(7)8)2(6)4(9)10/h10H,3-9H2,1-2H3;1-2,5-6H,(H,7,8)(H,9,10)/t;1-,2-/m.1/s1. The molecule has 0 heterocycles. The van der Waals surface area contributed by atoms with Gasteiger partial charge in [0.1, 0.15) is 0 Å². The summed E-state index contributed by atoms with van der Waals surface area (Å²) < 4.78 is 0. The number of hydrogen-bond acceptors (Lipinski definition) is 5. The number of carbonyl (C=O) groups is 2. The molecule has 0 radical (unpaired) electrons. The third-order valence-electron chi connectivity index (χ3n) is 3.71. The SMILES string of the molecule is CCN(CC)C1CCCCC1.O=C(O)[C@H](O)[C@@H](O)C(=O)O. The first-order valence-electron chi connectivity index (χ1n) is 7.40. The second-order valence-electron chi connectivity index (χ2n) is 5.08. The molecule has 1 aliphatic rings. The van der Waals surface area contributed by atoms with Gasteiger partial charge in [0.05, 0.1) is 0 Å². The molecule has 0 aromatic heterocycles. The van der Waals surface area contributed by atoms with Crippen LogP contribution in [-0.2, 0) is 9.59 Å². The second kappa shape index (κ2) is 10.5. The van der Waals surface area contributed by atoms with Crippen molar-refractivity contribution in [2.75, 3.05) is 13.1 Å². The minimum atomic E-state index is -2.27. The van der Waals surface area contributed by atoms with Crippen LogP contribution in [0.4, 0.5) is 0 Å². The van der Waals surface area contributed by atoms with Gasteiger partial charge in [-0.2, -0.15) is 0 Å². The summed E-state index contributed by atoms with van der Waals surface area (Å²) in [5.41, 5.74) is 0. The van der Waals surface area contributed by atoms with Gasteiger partial charge >= 0.3 is 11.9 Å². The van der Waals surface area contributed by atoms with E-state index in [9.17, 15) is 9.59 Å². The van der Waals surface area contributed by atoms with Gasteiger partial charge < -0.3 is 25.3 Å². The highest BCUT2D eigenvalue weighted by atomic mass is 16.4. The number of carboxylic acid groups (broad SMARTS) is 2. The highest BCUT2D eigenvalue weighted by Gasteiger charge is 2.29. The Hall–Kier alpha value is -1.18. The Kier molecular flexibility index (Phi) is 9.94. The smallest absolute Gasteiger partial charge is 0.335 e. The maximum atomic E-state index is 9.77. The van der Waals surface area contributed by atoms with Gasteiger partial charge in [0.15, 0.2) is 12.2 Å². The molecular weight excluding hydrogens is 278 g/mol. The topological polar surface area (TPSA) is 118 Å². The summed E-state index contributed by atoms with van der Waals surface area (Å²) in [6.45, 7) is 7.03. The monoisotopic (exact) mass is 305 g/mol. The molecule has 0 bridgehead atoms. The first-order valence-corrected chi connectivity index (χ1v) is 7.40. The van der Waals surface area contributed by atoms with Crippen LogP contribution >= 0.6 is 0 Å². The van der Waals surface area contributed by atoms with Gasteiger partial charge in [-0.3, -0.25) is 0 Å². The van der Waals surface area contributed by atoms with Crippen molar-refractivity contribution < 1.29 is 30.0 Å². The van der Waals surface area contributed by atoms with E-state index in [-0.39, 0.29) is 0 Å². The molecule has 124 valence electrons. The molecule has 4 N–H and O–H groups in total. The largest absolute Gasteiger partial charge is 0.479 e. The van der Waals surface area contributed by atoms with Crippen LogP contribution in [0, 0.1) is 0 Å². The maximum absolute atomic E-state index is 9.77. The van der Waals surface area contributed by atoms with E-state index in [4.69, 9.17) is 20.4 Å². The number of nitrogens with zero attached hydrogens (tertiary/aromatic N) is 1. The Balaban J connectivity index is 0.000000384. The van der Waals surface area contributed by atoms with Crippen molar-refractivity contribution in [3.63, 3.8) is 0 Å². The lowest BCUT2D eigenvalue weighted by Gasteiger charge is -2.32. The summed E-state index contributed by atoms with van der Waals surface area (Å²) in [5.74, 6) is -3.54. The van der Waals surface area contributed by atoms with Gasteiger partial charge in [0, 0.05) is 6.04 Å². The predicted molar refractivity (Wildman–Crippen MR) is 77.1 cm³/mol. The molecule has 1 rings (SSSR count). The summed E-state index contributed by atoms with van der Waals surface area (Å²) in [5, 5.41) is 32.5. The highest BCUT2D eigenvalue weighted by Crippen LogP contribution is 2.21. The Morgan fingerprint density at radius 2 is 1.33 bits per heavy atom. The molecule has 1 saturated carbocycles. The normalized spacial score (nSPS) is 18.5. The van der Waals surface area contributed by atoms with E-state index in [2.05, 4.69) is 18.7 Å². The van der Waals surface area contributed by atoms with Crippen LogP contribution < -0.4 is 0 Å². The third kappa shape index (κ3) is 7.40. The number of aliphatic carboxylic acids is 2. The summed E-state index contributed by atoms with van der Waals surface area (Å²) >= 11 is 0. The minimum absolute atomic E-state index is 0.916. The molecular formula is C14H27NO6. The van der Waals surface area contributed by atoms with Crippen LogP contribution in [-0.4, -0.2) is 68.6 Å². The van der Waals surface area contributed by atoms with Gasteiger partial charge in [-0.05, 0) is 25.9 Å². The number of carboxylic acids is 2. The molecule has 0 spiro atoms. The highest BCUT2D eigenvalue weighted by molar-refractivity contribution is 5.83. The van der Waals surface area contributed by atoms with Crippen LogP contribution in [0.15, 0.2) is 0 Å². The van der Waals surface area contributed by atoms with E-state index in [0.29, 0.717) is 0 Å². The summed E-state index contributed by atoms with van der Waals surface area (Å²) in [4.78, 5) is 22.2. The van der Waals surface area contributed by atoms with E-state index in [0.717, 1.165) is 6.04 Å². The van der Waals surface area contributed by atoms with Crippen LogP contribution in [0.1, 0.15) is 46.0 Å². The molecule has 21 heavy (non-hydrogen) atoms. The van der Waals surface area contributed by atoms with Crippen LogP contribution in [0.2, 0.25) is 0 Å². The lowest BCUT2D eigenvalue weighted by molar-refractivity contribution is -0.165. The zero-order valence-electron chi connectivity index (χ0n) is 12.7. The van der Waals surface area contributed by atoms with E-state index < -0.39 is 24.1 Å². The summed E-state index contributed by atoms with van der Waals surface area (Å²) in [7, 11) is 0. The van der Waals surface area contributed by atoms with Crippen molar-refractivity contribution in [2.45, 2.75) is 64.2 Å². The van der Waals surface area contributed by atoms with Crippen molar-refractivity contribution in [1.82, 2.24) is 4.90 Å². The average Bonchev–Trinajstić information content (AvgIpc) is 2.48. The minimum Gasteiger partial charge on any atom is -0.479 e. The van der Waals surface area contributed by atoms with Gasteiger partial charge in [-0.25, -0.2) is 9.59 Å². The molecule has 0 amide bonds. The Morgan fingerprint density at radius 1 is 0.952 bits per heavy atom. The first kappa shape index (κ1) is 19.8. The molecule has 1 aliphatic carbocycles. The van der Waals surface area contributed by atoms with Crippen LogP contribution in [0.25, 0.3) is 0 Å². The van der Waals surface area contributed by atoms with Crippen molar-refractivity contribution in [2.24, 2.45) is 0 Å². The van der Waals surface area contributed by atoms with Gasteiger partial charge in [-0.15, -0.1) is 0 Å². The van der Waals surface area contributed by atoms with Crippen molar-refractivity contribution in [3.8, 4) is 0 Å². The fraction of sp³-hybridized carbons (Fsp3) is 0.857.